The molecule has 5 heteroatoms. The van der Waals surface area contributed by atoms with Crippen LogP contribution in [-0.4, -0.2) is 31.4 Å². The van der Waals surface area contributed by atoms with Crippen LogP contribution in [0.4, 0.5) is 11.4 Å². The van der Waals surface area contributed by atoms with Crippen LogP contribution in [0.2, 0.25) is 0 Å². The van der Waals surface area contributed by atoms with E-state index in [2.05, 4.69) is 16.7 Å². The van der Waals surface area contributed by atoms with Gasteiger partial charge in [0, 0.05) is 30.0 Å². The van der Waals surface area contributed by atoms with E-state index in [4.69, 9.17) is 0 Å². The minimum atomic E-state index is -0.0419. The third kappa shape index (κ3) is 2.52. The largest absolute Gasteiger partial charge is 0.376 e. The summed E-state index contributed by atoms with van der Waals surface area (Å²) in [5, 5.41) is 6.07. The normalized spacial score (nSPS) is 15.5. The maximum Gasteiger partial charge on any atom is 0.251 e. The Morgan fingerprint density at radius 3 is 2.92 bits per heavy atom. The number of rotatable bonds is 3. The topological polar surface area (TPSA) is 61.4 Å². The number of carbonyl (C=O) groups is 2. The number of hydrogen-bond donors (Lipinski definition) is 2. The lowest BCUT2D eigenvalue weighted by molar-refractivity contribution is -0.116. The highest BCUT2D eigenvalue weighted by molar-refractivity contribution is 6.00. The van der Waals surface area contributed by atoms with Crippen LogP contribution in [0, 0.1) is 0 Å². The molecule has 0 radical (unpaired) electrons. The van der Waals surface area contributed by atoms with E-state index >= 15 is 0 Å². The summed E-state index contributed by atoms with van der Waals surface area (Å²) >= 11 is 0. The molecule has 2 aliphatic heterocycles. The molecule has 0 aromatic heterocycles. The van der Waals surface area contributed by atoms with Crippen molar-refractivity contribution in [2.75, 3.05) is 29.9 Å². The third-order valence-electron chi connectivity index (χ3n) is 4.70. The Bertz CT molecular complexity index is 816. The SMILES string of the molecule is O=C1NCCc2c(NCC(=O)N3CCc4ccccc43)cccc21. The van der Waals surface area contributed by atoms with Gasteiger partial charge in [0.05, 0.1) is 6.54 Å². The lowest BCUT2D eigenvalue weighted by atomic mass is 9.98. The molecule has 24 heavy (non-hydrogen) atoms. The number of amides is 2. The Labute approximate surface area is 140 Å². The van der Waals surface area contributed by atoms with Crippen LogP contribution in [0.3, 0.4) is 0 Å². The summed E-state index contributed by atoms with van der Waals surface area (Å²) in [6.45, 7) is 1.60. The molecule has 0 unspecified atom stereocenters. The number of nitrogens with one attached hydrogen (secondary N) is 2. The van der Waals surface area contributed by atoms with Crippen molar-refractivity contribution in [2.45, 2.75) is 12.8 Å². The molecule has 2 aromatic carbocycles. The lowest BCUT2D eigenvalue weighted by Gasteiger charge is -2.22. The summed E-state index contributed by atoms with van der Waals surface area (Å²) < 4.78 is 0. The van der Waals surface area contributed by atoms with E-state index in [1.165, 1.54) is 5.56 Å². The Hall–Kier alpha value is -2.82. The minimum absolute atomic E-state index is 0.0419. The second kappa shape index (κ2) is 6.00. The number of benzene rings is 2. The van der Waals surface area contributed by atoms with Gasteiger partial charge in [-0.2, -0.15) is 0 Å². The number of carbonyl (C=O) groups excluding carboxylic acids is 2. The molecule has 0 spiro atoms. The van der Waals surface area contributed by atoms with E-state index in [9.17, 15) is 9.59 Å². The molecule has 0 fully saturated rings. The molecule has 2 aliphatic rings. The molecular weight excluding hydrogens is 302 g/mol. The first-order valence-corrected chi connectivity index (χ1v) is 8.26. The first-order chi connectivity index (χ1) is 11.7. The molecule has 2 N–H and O–H groups in total. The van der Waals surface area contributed by atoms with Crippen molar-refractivity contribution < 1.29 is 9.59 Å². The van der Waals surface area contributed by atoms with E-state index < -0.39 is 0 Å². The maximum absolute atomic E-state index is 12.6. The Morgan fingerprint density at radius 1 is 1.12 bits per heavy atom. The van der Waals surface area contributed by atoms with E-state index in [1.807, 2.05) is 41.3 Å². The molecule has 0 bridgehead atoms. The third-order valence-corrected chi connectivity index (χ3v) is 4.70. The zero-order chi connectivity index (χ0) is 16.5. The quantitative estimate of drug-likeness (QED) is 0.909. The van der Waals surface area contributed by atoms with Gasteiger partial charge in [0.25, 0.3) is 5.91 Å². The fraction of sp³-hybridized carbons (Fsp3) is 0.263. The highest BCUT2D eigenvalue weighted by Crippen LogP contribution is 2.28. The van der Waals surface area contributed by atoms with Crippen LogP contribution < -0.4 is 15.5 Å². The molecule has 2 amide bonds. The van der Waals surface area contributed by atoms with E-state index in [1.54, 1.807) is 0 Å². The average Bonchev–Trinajstić information content (AvgIpc) is 3.04. The monoisotopic (exact) mass is 321 g/mol. The van der Waals surface area contributed by atoms with Crippen molar-refractivity contribution in [1.82, 2.24) is 5.32 Å². The zero-order valence-corrected chi connectivity index (χ0v) is 13.3. The van der Waals surface area contributed by atoms with Gasteiger partial charge in [-0.15, -0.1) is 0 Å². The first-order valence-electron chi connectivity index (χ1n) is 8.26. The molecule has 4 rings (SSSR count). The van der Waals surface area contributed by atoms with Gasteiger partial charge < -0.3 is 15.5 Å². The molecule has 2 heterocycles. The van der Waals surface area contributed by atoms with Crippen LogP contribution in [0.1, 0.15) is 21.5 Å². The van der Waals surface area contributed by atoms with Gasteiger partial charge in [-0.1, -0.05) is 24.3 Å². The fourth-order valence-corrected chi connectivity index (χ4v) is 3.49. The molecular formula is C19H19N3O2. The number of fused-ring (bicyclic) bond motifs is 2. The van der Waals surface area contributed by atoms with Gasteiger partial charge in [0.2, 0.25) is 5.91 Å². The summed E-state index contributed by atoms with van der Waals surface area (Å²) in [4.78, 5) is 26.3. The molecule has 0 aliphatic carbocycles. The van der Waals surface area contributed by atoms with Gasteiger partial charge in [0.15, 0.2) is 0 Å². The van der Waals surface area contributed by atoms with Crippen LogP contribution in [0.25, 0.3) is 0 Å². The highest BCUT2D eigenvalue weighted by Gasteiger charge is 2.24. The standard InChI is InChI=1S/C19H19N3O2/c23-18(22-11-9-13-4-1-2-7-17(13)22)12-21-16-6-3-5-15-14(16)8-10-20-19(15)24/h1-7,21H,8-12H2,(H,20,24). The second-order valence-electron chi connectivity index (χ2n) is 6.12. The Balaban J connectivity index is 1.49. The van der Waals surface area contributed by atoms with Gasteiger partial charge in [0.1, 0.15) is 0 Å². The van der Waals surface area contributed by atoms with Crippen LogP contribution in [0.15, 0.2) is 42.5 Å². The zero-order valence-electron chi connectivity index (χ0n) is 13.3. The summed E-state index contributed by atoms with van der Waals surface area (Å²) in [6.07, 6.45) is 1.69. The van der Waals surface area contributed by atoms with Crippen molar-refractivity contribution >= 4 is 23.2 Å². The number of nitrogens with zero attached hydrogens (tertiary/aromatic N) is 1. The summed E-state index contributed by atoms with van der Waals surface area (Å²) in [7, 11) is 0. The van der Waals surface area contributed by atoms with Crippen LogP contribution in [-0.2, 0) is 17.6 Å². The first kappa shape index (κ1) is 14.8. The van der Waals surface area contributed by atoms with E-state index in [0.717, 1.165) is 36.3 Å². The molecule has 2 aromatic rings. The Kier molecular flexibility index (Phi) is 3.69. The second-order valence-corrected chi connectivity index (χ2v) is 6.12. The van der Waals surface area contributed by atoms with Crippen LogP contribution >= 0.6 is 0 Å². The maximum atomic E-state index is 12.6. The van der Waals surface area contributed by atoms with E-state index in [0.29, 0.717) is 12.1 Å². The molecule has 5 nitrogen and oxygen atoms in total. The van der Waals surface area contributed by atoms with Crippen LogP contribution in [0.5, 0.6) is 0 Å². The number of anilines is 2. The molecule has 0 saturated carbocycles. The average molecular weight is 321 g/mol. The molecule has 0 saturated heterocycles. The molecule has 0 atom stereocenters. The predicted octanol–water partition coefficient (Wildman–Crippen LogP) is 1.97. The highest BCUT2D eigenvalue weighted by atomic mass is 16.2. The van der Waals surface area contributed by atoms with Gasteiger partial charge in [-0.3, -0.25) is 9.59 Å². The van der Waals surface area contributed by atoms with E-state index in [-0.39, 0.29) is 18.4 Å². The van der Waals surface area contributed by atoms with Crippen molar-refractivity contribution in [3.8, 4) is 0 Å². The van der Waals surface area contributed by atoms with Gasteiger partial charge >= 0.3 is 0 Å². The summed E-state index contributed by atoms with van der Waals surface area (Å²) in [5.41, 5.74) is 4.81. The lowest BCUT2D eigenvalue weighted by Crippen LogP contribution is -2.35. The summed E-state index contributed by atoms with van der Waals surface area (Å²) in [6, 6.07) is 13.6. The number of hydrogen-bond acceptors (Lipinski definition) is 3. The van der Waals surface area contributed by atoms with Gasteiger partial charge in [-0.05, 0) is 42.2 Å². The van der Waals surface area contributed by atoms with Crippen molar-refractivity contribution in [2.24, 2.45) is 0 Å². The van der Waals surface area contributed by atoms with Crippen molar-refractivity contribution in [3.05, 3.63) is 59.2 Å². The smallest absolute Gasteiger partial charge is 0.251 e. The number of para-hydroxylation sites is 1. The summed E-state index contributed by atoms with van der Waals surface area (Å²) in [5.74, 6) is 0.0116. The predicted molar refractivity (Wildman–Crippen MR) is 93.5 cm³/mol. The molecule has 122 valence electrons. The minimum Gasteiger partial charge on any atom is -0.376 e. The van der Waals surface area contributed by atoms with Gasteiger partial charge in [-0.25, -0.2) is 0 Å². The van der Waals surface area contributed by atoms with Crippen molar-refractivity contribution in [1.29, 1.82) is 0 Å². The van der Waals surface area contributed by atoms with Crippen molar-refractivity contribution in [3.63, 3.8) is 0 Å². The fourth-order valence-electron chi connectivity index (χ4n) is 3.49. The Morgan fingerprint density at radius 2 is 2.00 bits per heavy atom.